The zero-order valence-corrected chi connectivity index (χ0v) is 9.18. The number of aliphatic carboxylic acids is 1. The van der Waals surface area contributed by atoms with Gasteiger partial charge in [-0.15, -0.1) is 11.6 Å². The number of carboxylic acid groups (broad SMARTS) is 1. The van der Waals surface area contributed by atoms with Crippen LogP contribution in [0.4, 0.5) is 13.2 Å². The van der Waals surface area contributed by atoms with Gasteiger partial charge in [0, 0.05) is 11.4 Å². The number of benzene rings is 1. The Morgan fingerprint density at radius 3 is 2.59 bits per heavy atom. The maximum absolute atomic E-state index is 13.4. The van der Waals surface area contributed by atoms with Crippen LogP contribution in [0.15, 0.2) is 12.1 Å². The smallest absolute Gasteiger partial charge is 0.387 e. The lowest BCUT2D eigenvalue weighted by atomic mass is 10.1. The Bertz CT molecular complexity index is 424. The van der Waals surface area contributed by atoms with Crippen molar-refractivity contribution in [2.24, 2.45) is 0 Å². The normalized spacial score (nSPS) is 10.6. The Morgan fingerprint density at radius 1 is 1.47 bits per heavy atom. The number of carboxylic acids is 1. The molecule has 17 heavy (non-hydrogen) atoms. The molecule has 0 saturated carbocycles. The Morgan fingerprint density at radius 2 is 2.12 bits per heavy atom. The van der Waals surface area contributed by atoms with Gasteiger partial charge in [0.05, 0.1) is 6.42 Å². The highest BCUT2D eigenvalue weighted by Gasteiger charge is 2.18. The molecule has 0 aromatic heterocycles. The van der Waals surface area contributed by atoms with Crippen LogP contribution in [0, 0.1) is 5.82 Å². The van der Waals surface area contributed by atoms with Crippen molar-refractivity contribution in [3.63, 3.8) is 0 Å². The molecule has 0 aliphatic heterocycles. The van der Waals surface area contributed by atoms with Crippen molar-refractivity contribution in [1.82, 2.24) is 0 Å². The summed E-state index contributed by atoms with van der Waals surface area (Å²) in [6, 6.07) is 2.15. The lowest BCUT2D eigenvalue weighted by molar-refractivity contribution is -0.136. The maximum Gasteiger partial charge on any atom is 0.387 e. The molecular formula is C10H8ClF3O3. The molecule has 0 aliphatic rings. The minimum Gasteiger partial charge on any atom is -0.481 e. The van der Waals surface area contributed by atoms with Crippen LogP contribution in [0.5, 0.6) is 5.75 Å². The zero-order valence-electron chi connectivity index (χ0n) is 8.42. The molecule has 0 saturated heterocycles. The number of halogens is 4. The fourth-order valence-corrected chi connectivity index (χ4v) is 1.46. The maximum atomic E-state index is 13.4. The van der Waals surface area contributed by atoms with E-state index in [1.54, 1.807) is 0 Å². The van der Waals surface area contributed by atoms with Gasteiger partial charge in [-0.1, -0.05) is 6.07 Å². The summed E-state index contributed by atoms with van der Waals surface area (Å²) in [6.45, 7) is -3.22. The summed E-state index contributed by atoms with van der Waals surface area (Å²) >= 11 is 5.46. The second kappa shape index (κ2) is 5.77. The largest absolute Gasteiger partial charge is 0.481 e. The van der Waals surface area contributed by atoms with Crippen LogP contribution < -0.4 is 4.74 Å². The molecule has 1 N–H and O–H groups in total. The topological polar surface area (TPSA) is 46.5 Å². The molecule has 3 nitrogen and oxygen atoms in total. The highest BCUT2D eigenvalue weighted by molar-refractivity contribution is 6.17. The second-order valence-electron chi connectivity index (χ2n) is 3.15. The van der Waals surface area contributed by atoms with Gasteiger partial charge in [-0.2, -0.15) is 8.78 Å². The summed E-state index contributed by atoms with van der Waals surface area (Å²) in [5, 5.41) is 8.58. The van der Waals surface area contributed by atoms with Crippen molar-refractivity contribution in [1.29, 1.82) is 0 Å². The molecule has 0 amide bonds. The molecule has 1 aromatic rings. The molecule has 94 valence electrons. The first kappa shape index (κ1) is 13.6. The molecule has 0 fully saturated rings. The highest BCUT2D eigenvalue weighted by atomic mass is 35.5. The van der Waals surface area contributed by atoms with E-state index in [9.17, 15) is 18.0 Å². The van der Waals surface area contributed by atoms with Crippen molar-refractivity contribution in [2.75, 3.05) is 0 Å². The fraction of sp³-hybridized carbons (Fsp3) is 0.300. The lowest BCUT2D eigenvalue weighted by Gasteiger charge is -2.11. The molecule has 0 heterocycles. The Kier molecular flexibility index (Phi) is 4.62. The highest BCUT2D eigenvalue weighted by Crippen LogP contribution is 2.27. The number of hydrogen-bond acceptors (Lipinski definition) is 2. The van der Waals surface area contributed by atoms with Crippen molar-refractivity contribution in [2.45, 2.75) is 18.9 Å². The molecule has 0 atom stereocenters. The first-order valence-electron chi connectivity index (χ1n) is 4.48. The van der Waals surface area contributed by atoms with Crippen LogP contribution >= 0.6 is 11.6 Å². The van der Waals surface area contributed by atoms with Crippen molar-refractivity contribution in [3.05, 3.63) is 29.1 Å². The van der Waals surface area contributed by atoms with Gasteiger partial charge >= 0.3 is 12.6 Å². The first-order valence-corrected chi connectivity index (χ1v) is 5.01. The van der Waals surface area contributed by atoms with Crippen LogP contribution in [0.1, 0.15) is 11.1 Å². The third kappa shape index (κ3) is 3.81. The van der Waals surface area contributed by atoms with Crippen LogP contribution in [-0.4, -0.2) is 17.7 Å². The van der Waals surface area contributed by atoms with Gasteiger partial charge in [-0.25, -0.2) is 4.39 Å². The van der Waals surface area contributed by atoms with Gasteiger partial charge in [0.25, 0.3) is 0 Å². The minimum atomic E-state index is -3.22. The number of ether oxygens (including phenoxy) is 1. The van der Waals surface area contributed by atoms with Crippen molar-refractivity contribution in [3.8, 4) is 5.75 Å². The minimum absolute atomic E-state index is 0.0570. The molecule has 0 unspecified atom stereocenters. The van der Waals surface area contributed by atoms with Gasteiger partial charge < -0.3 is 9.84 Å². The van der Waals surface area contributed by atoms with E-state index in [1.165, 1.54) is 6.07 Å². The molecule has 1 aromatic carbocycles. The molecule has 1 rings (SSSR count). The summed E-state index contributed by atoms with van der Waals surface area (Å²) in [5.41, 5.74) is 0.121. The summed E-state index contributed by atoms with van der Waals surface area (Å²) < 4.78 is 41.4. The number of alkyl halides is 3. The van der Waals surface area contributed by atoms with E-state index in [2.05, 4.69) is 4.74 Å². The van der Waals surface area contributed by atoms with E-state index in [1.807, 2.05) is 0 Å². The summed E-state index contributed by atoms with van der Waals surface area (Å²) in [5.74, 6) is -3.15. The van der Waals surface area contributed by atoms with Gasteiger partial charge in [-0.3, -0.25) is 4.79 Å². The summed E-state index contributed by atoms with van der Waals surface area (Å²) in [6.07, 6.45) is -0.621. The van der Waals surface area contributed by atoms with Gasteiger partial charge in [0.2, 0.25) is 0 Å². The Balaban J connectivity index is 3.18. The Labute approximate surface area is 99.8 Å². The Hall–Kier alpha value is -1.43. The van der Waals surface area contributed by atoms with E-state index in [0.717, 1.165) is 6.07 Å². The number of rotatable bonds is 5. The molecule has 0 radical (unpaired) electrons. The standard InChI is InChI=1S/C10H8ClF3O3/c11-4-5-1-6(3-8(15)16)9(7(12)2-5)17-10(13)14/h1-2,10H,3-4H2,(H,15,16). The summed E-state index contributed by atoms with van der Waals surface area (Å²) in [7, 11) is 0. The first-order chi connectivity index (χ1) is 7.93. The monoisotopic (exact) mass is 268 g/mol. The molecular weight excluding hydrogens is 261 g/mol. The molecule has 0 spiro atoms. The van der Waals surface area contributed by atoms with Gasteiger partial charge in [0.15, 0.2) is 11.6 Å². The van der Waals surface area contributed by atoms with Crippen LogP contribution in [0.3, 0.4) is 0 Å². The predicted molar refractivity (Wildman–Crippen MR) is 53.9 cm³/mol. The third-order valence-electron chi connectivity index (χ3n) is 1.88. The van der Waals surface area contributed by atoms with Crippen molar-refractivity contribution < 1.29 is 27.8 Å². The quantitative estimate of drug-likeness (QED) is 0.835. The van der Waals surface area contributed by atoms with Crippen LogP contribution in [0.2, 0.25) is 0 Å². The number of hydrogen-bond donors (Lipinski definition) is 1. The zero-order chi connectivity index (χ0) is 13.0. The molecule has 0 bridgehead atoms. The average molecular weight is 269 g/mol. The van der Waals surface area contributed by atoms with Gasteiger partial charge in [-0.05, 0) is 11.6 Å². The lowest BCUT2D eigenvalue weighted by Crippen LogP contribution is -2.10. The van der Waals surface area contributed by atoms with E-state index >= 15 is 0 Å². The SMILES string of the molecule is O=C(O)Cc1cc(CCl)cc(F)c1OC(F)F. The molecule has 0 aliphatic carbocycles. The molecule has 7 heteroatoms. The van der Waals surface area contributed by atoms with Crippen molar-refractivity contribution >= 4 is 17.6 Å². The van der Waals surface area contributed by atoms with Crippen LogP contribution in [0.25, 0.3) is 0 Å². The number of carbonyl (C=O) groups is 1. The van der Waals surface area contributed by atoms with E-state index < -0.39 is 30.6 Å². The van der Waals surface area contributed by atoms with E-state index in [0.29, 0.717) is 5.56 Å². The second-order valence-corrected chi connectivity index (χ2v) is 3.42. The summed E-state index contributed by atoms with van der Waals surface area (Å²) in [4.78, 5) is 10.5. The van der Waals surface area contributed by atoms with E-state index in [4.69, 9.17) is 16.7 Å². The average Bonchev–Trinajstić information content (AvgIpc) is 2.21. The predicted octanol–water partition coefficient (Wildman–Crippen LogP) is 2.79. The fourth-order valence-electron chi connectivity index (χ4n) is 1.31. The van der Waals surface area contributed by atoms with Crippen LogP contribution in [-0.2, 0) is 17.1 Å². The van der Waals surface area contributed by atoms with E-state index in [-0.39, 0.29) is 11.4 Å². The third-order valence-corrected chi connectivity index (χ3v) is 2.19. The van der Waals surface area contributed by atoms with Gasteiger partial charge in [0.1, 0.15) is 0 Å².